The first-order valence-electron chi connectivity index (χ1n) is 7.08. The lowest BCUT2D eigenvalue weighted by molar-refractivity contribution is 0.240. The zero-order chi connectivity index (χ0) is 13.7. The monoisotopic (exact) mass is 277 g/mol. The minimum absolute atomic E-state index is 0.0734. The van der Waals surface area contributed by atoms with Gasteiger partial charge in [-0.2, -0.15) is 0 Å². The Bertz CT molecular complexity index is 419. The Kier molecular flexibility index (Phi) is 4.88. The second-order valence-electron chi connectivity index (χ2n) is 5.31. The number of nitrogens with two attached hydrogens (primary N) is 1. The van der Waals surface area contributed by atoms with Crippen molar-refractivity contribution in [1.29, 1.82) is 0 Å². The highest BCUT2D eigenvalue weighted by atomic mass is 32.1. The average Bonchev–Trinajstić information content (AvgIpc) is 2.48. The quantitative estimate of drug-likeness (QED) is 0.830. The van der Waals surface area contributed by atoms with E-state index in [1.165, 1.54) is 24.8 Å². The average molecular weight is 277 g/mol. The van der Waals surface area contributed by atoms with E-state index in [2.05, 4.69) is 16.4 Å². The molecule has 4 heteroatoms. The van der Waals surface area contributed by atoms with Crippen molar-refractivity contribution in [3.8, 4) is 0 Å². The van der Waals surface area contributed by atoms with Crippen LogP contribution in [-0.4, -0.2) is 23.6 Å². The Morgan fingerprint density at radius 2 is 2.42 bits per heavy atom. The second kappa shape index (κ2) is 6.44. The molecule has 0 spiro atoms. The zero-order valence-corrected chi connectivity index (χ0v) is 12.4. The Hall–Kier alpha value is -1.00. The standard InChI is InChI=1S/C15H23N3S/c1-17-14(19)15(13-6-4-10-18-11-13)8-3-2-5-12(15)7-9-16/h4,6,10-12H,2-3,5,7-9,16H2,1H3,(H,17,19)/t12-,15+/m1/s1. The second-order valence-corrected chi connectivity index (χ2v) is 5.72. The summed E-state index contributed by atoms with van der Waals surface area (Å²) in [5.41, 5.74) is 6.99. The third kappa shape index (κ3) is 2.65. The van der Waals surface area contributed by atoms with Crippen LogP contribution in [-0.2, 0) is 5.41 Å². The maximum absolute atomic E-state index is 5.82. The minimum Gasteiger partial charge on any atom is -0.382 e. The molecule has 0 unspecified atom stereocenters. The van der Waals surface area contributed by atoms with Gasteiger partial charge in [0, 0.05) is 24.9 Å². The van der Waals surface area contributed by atoms with Gasteiger partial charge in [0.05, 0.1) is 4.99 Å². The van der Waals surface area contributed by atoms with Gasteiger partial charge in [-0.3, -0.25) is 4.98 Å². The lowest BCUT2D eigenvalue weighted by Gasteiger charge is -2.45. The number of likely N-dealkylation sites (N-methyl/N-ethyl adjacent to an activating group) is 1. The highest BCUT2D eigenvalue weighted by molar-refractivity contribution is 7.80. The molecule has 1 aliphatic carbocycles. The molecular weight excluding hydrogens is 254 g/mol. The molecule has 2 atom stereocenters. The van der Waals surface area contributed by atoms with Crippen molar-refractivity contribution in [2.24, 2.45) is 11.7 Å². The van der Waals surface area contributed by atoms with Crippen molar-refractivity contribution < 1.29 is 0 Å². The Morgan fingerprint density at radius 1 is 1.58 bits per heavy atom. The summed E-state index contributed by atoms with van der Waals surface area (Å²) in [4.78, 5) is 5.24. The van der Waals surface area contributed by atoms with E-state index in [0.29, 0.717) is 5.92 Å². The fourth-order valence-corrected chi connectivity index (χ4v) is 3.88. The molecule has 104 valence electrons. The fraction of sp³-hybridized carbons (Fsp3) is 0.600. The number of nitrogens with zero attached hydrogens (tertiary/aromatic N) is 1. The minimum atomic E-state index is -0.0734. The molecule has 0 saturated heterocycles. The van der Waals surface area contributed by atoms with Crippen molar-refractivity contribution in [2.75, 3.05) is 13.6 Å². The molecular formula is C15H23N3S. The lowest BCUT2D eigenvalue weighted by Crippen LogP contribution is -2.49. The van der Waals surface area contributed by atoms with E-state index in [1.807, 2.05) is 25.5 Å². The van der Waals surface area contributed by atoms with Crippen LogP contribution >= 0.6 is 12.2 Å². The van der Waals surface area contributed by atoms with Gasteiger partial charge in [-0.05, 0) is 43.4 Å². The molecule has 1 saturated carbocycles. The van der Waals surface area contributed by atoms with Crippen molar-refractivity contribution in [1.82, 2.24) is 10.3 Å². The van der Waals surface area contributed by atoms with E-state index < -0.39 is 0 Å². The predicted molar refractivity (Wildman–Crippen MR) is 83.2 cm³/mol. The molecule has 0 aliphatic heterocycles. The Labute approximate surface area is 121 Å². The number of thiocarbonyl (C=S) groups is 1. The van der Waals surface area contributed by atoms with Gasteiger partial charge < -0.3 is 11.1 Å². The number of pyridine rings is 1. The van der Waals surface area contributed by atoms with Crippen LogP contribution in [0.1, 0.15) is 37.7 Å². The van der Waals surface area contributed by atoms with Crippen LogP contribution in [0, 0.1) is 5.92 Å². The summed E-state index contributed by atoms with van der Waals surface area (Å²) < 4.78 is 0. The first-order chi connectivity index (χ1) is 9.25. The molecule has 0 bridgehead atoms. The zero-order valence-electron chi connectivity index (χ0n) is 11.6. The largest absolute Gasteiger partial charge is 0.382 e. The predicted octanol–water partition coefficient (Wildman–Crippen LogP) is 2.41. The van der Waals surface area contributed by atoms with Gasteiger partial charge in [0.25, 0.3) is 0 Å². The summed E-state index contributed by atoms with van der Waals surface area (Å²) in [6, 6.07) is 4.16. The highest BCUT2D eigenvalue weighted by Gasteiger charge is 2.44. The number of hydrogen-bond acceptors (Lipinski definition) is 3. The first kappa shape index (κ1) is 14.4. The maximum Gasteiger partial charge on any atom is 0.0861 e. The smallest absolute Gasteiger partial charge is 0.0861 e. The van der Waals surface area contributed by atoms with E-state index in [1.54, 1.807) is 0 Å². The fourth-order valence-electron chi connectivity index (χ4n) is 3.50. The molecule has 1 heterocycles. The number of rotatable bonds is 4. The summed E-state index contributed by atoms with van der Waals surface area (Å²) in [7, 11) is 1.93. The highest BCUT2D eigenvalue weighted by Crippen LogP contribution is 2.45. The van der Waals surface area contributed by atoms with Crippen LogP contribution in [0.2, 0.25) is 0 Å². The van der Waals surface area contributed by atoms with E-state index in [0.717, 1.165) is 24.4 Å². The summed E-state index contributed by atoms with van der Waals surface area (Å²) in [6.45, 7) is 0.721. The topological polar surface area (TPSA) is 50.9 Å². The SMILES string of the molecule is CNC(=S)[C@@]1(c2cccnc2)CCCC[C@@H]1CCN. The van der Waals surface area contributed by atoms with Gasteiger partial charge in [0.1, 0.15) is 0 Å². The molecule has 0 aromatic carbocycles. The van der Waals surface area contributed by atoms with Gasteiger partial charge in [-0.1, -0.05) is 31.1 Å². The summed E-state index contributed by atoms with van der Waals surface area (Å²) >= 11 is 5.68. The molecule has 0 amide bonds. The molecule has 1 fully saturated rings. The van der Waals surface area contributed by atoms with Crippen LogP contribution in [0.3, 0.4) is 0 Å². The molecule has 19 heavy (non-hydrogen) atoms. The summed E-state index contributed by atoms with van der Waals surface area (Å²) in [6.07, 6.45) is 9.61. The number of aromatic nitrogens is 1. The van der Waals surface area contributed by atoms with Crippen molar-refractivity contribution >= 4 is 17.2 Å². The molecule has 1 aromatic rings. The third-order valence-electron chi connectivity index (χ3n) is 4.39. The number of hydrogen-bond donors (Lipinski definition) is 2. The van der Waals surface area contributed by atoms with E-state index in [9.17, 15) is 0 Å². The molecule has 0 radical (unpaired) electrons. The van der Waals surface area contributed by atoms with Crippen molar-refractivity contribution in [2.45, 2.75) is 37.5 Å². The van der Waals surface area contributed by atoms with Crippen LogP contribution in [0.4, 0.5) is 0 Å². The Morgan fingerprint density at radius 3 is 3.05 bits per heavy atom. The van der Waals surface area contributed by atoms with E-state index in [4.69, 9.17) is 18.0 Å². The van der Waals surface area contributed by atoms with Crippen LogP contribution in [0.15, 0.2) is 24.5 Å². The lowest BCUT2D eigenvalue weighted by atomic mass is 9.61. The summed E-state index contributed by atoms with van der Waals surface area (Å²) in [5.74, 6) is 0.524. The molecule has 3 nitrogen and oxygen atoms in total. The molecule has 3 N–H and O–H groups in total. The van der Waals surface area contributed by atoms with E-state index >= 15 is 0 Å². The summed E-state index contributed by atoms with van der Waals surface area (Å²) in [5, 5.41) is 3.23. The molecule has 2 rings (SSSR count). The van der Waals surface area contributed by atoms with Gasteiger partial charge in [-0.25, -0.2) is 0 Å². The van der Waals surface area contributed by atoms with Crippen LogP contribution in [0.25, 0.3) is 0 Å². The van der Waals surface area contributed by atoms with Gasteiger partial charge in [0.2, 0.25) is 0 Å². The van der Waals surface area contributed by atoms with Crippen LogP contribution in [0.5, 0.6) is 0 Å². The van der Waals surface area contributed by atoms with Crippen LogP contribution < -0.4 is 11.1 Å². The van der Waals surface area contributed by atoms with Crippen molar-refractivity contribution in [3.05, 3.63) is 30.1 Å². The third-order valence-corrected chi connectivity index (χ3v) is 4.96. The van der Waals surface area contributed by atoms with Gasteiger partial charge in [-0.15, -0.1) is 0 Å². The van der Waals surface area contributed by atoms with Crippen molar-refractivity contribution in [3.63, 3.8) is 0 Å². The molecule has 1 aromatic heterocycles. The maximum atomic E-state index is 5.82. The van der Waals surface area contributed by atoms with Gasteiger partial charge >= 0.3 is 0 Å². The Balaban J connectivity index is 2.46. The molecule has 1 aliphatic rings. The normalized spacial score (nSPS) is 26.9. The number of nitrogens with one attached hydrogen (secondary N) is 1. The first-order valence-corrected chi connectivity index (χ1v) is 7.49. The van der Waals surface area contributed by atoms with Gasteiger partial charge in [0.15, 0.2) is 0 Å². The van der Waals surface area contributed by atoms with E-state index in [-0.39, 0.29) is 5.41 Å².